The fraction of sp³-hybridized carbons (Fsp3) is 0.455. The predicted octanol–water partition coefficient (Wildman–Crippen LogP) is 2.57. The molecule has 1 aromatic carbocycles. The third kappa shape index (κ3) is 2.35. The van der Waals surface area contributed by atoms with Crippen molar-refractivity contribution >= 4 is 0 Å². The average molecular weight is 164 g/mol. The van der Waals surface area contributed by atoms with E-state index in [1.165, 1.54) is 11.1 Å². The second-order valence-corrected chi connectivity index (χ2v) is 3.18. The second-order valence-electron chi connectivity index (χ2n) is 3.18. The Balaban J connectivity index is 2.69. The van der Waals surface area contributed by atoms with Crippen LogP contribution in [0.3, 0.4) is 0 Å². The summed E-state index contributed by atoms with van der Waals surface area (Å²) < 4.78 is 5.21. The summed E-state index contributed by atoms with van der Waals surface area (Å²) in [6.07, 6.45) is 1.31. The fourth-order valence-electron chi connectivity index (χ4n) is 1.23. The van der Waals surface area contributed by atoms with Crippen molar-refractivity contribution in [2.45, 2.75) is 26.4 Å². The van der Waals surface area contributed by atoms with E-state index in [1.54, 1.807) is 7.11 Å². The standard InChI is InChI=1S/C11H16O/c1-9-6-4-5-7-11(9)8-10(2)12-3/h4-7,10H,8H2,1-3H3/t10-/m1/s1. The molecular weight excluding hydrogens is 148 g/mol. The smallest absolute Gasteiger partial charge is 0.0583 e. The Morgan fingerprint density at radius 3 is 2.58 bits per heavy atom. The molecule has 0 heterocycles. The van der Waals surface area contributed by atoms with E-state index in [4.69, 9.17) is 4.74 Å². The summed E-state index contributed by atoms with van der Waals surface area (Å²) in [5.74, 6) is 0. The number of hydrogen-bond donors (Lipinski definition) is 0. The number of rotatable bonds is 3. The van der Waals surface area contributed by atoms with Crippen molar-refractivity contribution in [3.63, 3.8) is 0 Å². The van der Waals surface area contributed by atoms with Crippen LogP contribution in [0.25, 0.3) is 0 Å². The maximum atomic E-state index is 5.21. The SMILES string of the molecule is CO[C@H](C)Cc1ccccc1C. The summed E-state index contributed by atoms with van der Waals surface area (Å²) in [5.41, 5.74) is 2.73. The maximum absolute atomic E-state index is 5.21. The Bertz CT molecular complexity index is 243. The van der Waals surface area contributed by atoms with Crippen LogP contribution in [0.15, 0.2) is 24.3 Å². The van der Waals surface area contributed by atoms with Gasteiger partial charge in [0.05, 0.1) is 6.10 Å². The molecule has 0 spiro atoms. The number of aryl methyl sites for hydroxylation is 1. The van der Waals surface area contributed by atoms with E-state index in [0.717, 1.165) is 6.42 Å². The van der Waals surface area contributed by atoms with E-state index in [1.807, 2.05) is 0 Å². The van der Waals surface area contributed by atoms with Crippen molar-refractivity contribution in [1.29, 1.82) is 0 Å². The zero-order valence-corrected chi connectivity index (χ0v) is 8.00. The summed E-state index contributed by atoms with van der Waals surface area (Å²) in [7, 11) is 1.75. The van der Waals surface area contributed by atoms with Crippen LogP contribution in [0.1, 0.15) is 18.1 Å². The van der Waals surface area contributed by atoms with Crippen LogP contribution >= 0.6 is 0 Å². The van der Waals surface area contributed by atoms with Crippen LogP contribution in [0.5, 0.6) is 0 Å². The number of ether oxygens (including phenoxy) is 1. The van der Waals surface area contributed by atoms with Gasteiger partial charge in [0.15, 0.2) is 0 Å². The molecule has 1 heteroatoms. The van der Waals surface area contributed by atoms with Crippen LogP contribution in [-0.4, -0.2) is 13.2 Å². The summed E-state index contributed by atoms with van der Waals surface area (Å²) in [5, 5.41) is 0. The molecule has 1 rings (SSSR count). The molecule has 0 saturated heterocycles. The van der Waals surface area contributed by atoms with Crippen molar-refractivity contribution in [3.8, 4) is 0 Å². The van der Waals surface area contributed by atoms with Crippen LogP contribution in [0.2, 0.25) is 0 Å². The van der Waals surface area contributed by atoms with E-state index < -0.39 is 0 Å². The molecule has 66 valence electrons. The molecule has 0 N–H and O–H groups in total. The number of benzene rings is 1. The van der Waals surface area contributed by atoms with Gasteiger partial charge in [0.1, 0.15) is 0 Å². The highest BCUT2D eigenvalue weighted by Gasteiger charge is 2.02. The molecule has 1 aromatic rings. The summed E-state index contributed by atoms with van der Waals surface area (Å²) in [6.45, 7) is 4.23. The molecular formula is C11H16O. The molecule has 0 fully saturated rings. The summed E-state index contributed by atoms with van der Waals surface area (Å²) in [4.78, 5) is 0. The lowest BCUT2D eigenvalue weighted by Crippen LogP contribution is -2.09. The molecule has 0 saturated carbocycles. The lowest BCUT2D eigenvalue weighted by molar-refractivity contribution is 0.118. The van der Waals surface area contributed by atoms with Crippen LogP contribution in [-0.2, 0) is 11.2 Å². The Hall–Kier alpha value is -0.820. The van der Waals surface area contributed by atoms with E-state index >= 15 is 0 Å². The van der Waals surface area contributed by atoms with Gasteiger partial charge in [-0.05, 0) is 31.4 Å². The highest BCUT2D eigenvalue weighted by molar-refractivity contribution is 5.25. The second kappa shape index (κ2) is 4.27. The fourth-order valence-corrected chi connectivity index (χ4v) is 1.23. The number of methoxy groups -OCH3 is 1. The first-order valence-corrected chi connectivity index (χ1v) is 4.31. The Morgan fingerprint density at radius 2 is 2.00 bits per heavy atom. The van der Waals surface area contributed by atoms with Gasteiger partial charge in [-0.2, -0.15) is 0 Å². The minimum absolute atomic E-state index is 0.311. The first-order chi connectivity index (χ1) is 5.74. The zero-order chi connectivity index (χ0) is 8.97. The Kier molecular flexibility index (Phi) is 3.30. The van der Waals surface area contributed by atoms with Crippen LogP contribution in [0, 0.1) is 6.92 Å². The molecule has 0 aliphatic rings. The Morgan fingerprint density at radius 1 is 1.33 bits per heavy atom. The number of hydrogen-bond acceptors (Lipinski definition) is 1. The lowest BCUT2D eigenvalue weighted by Gasteiger charge is -2.10. The van der Waals surface area contributed by atoms with Gasteiger partial charge in [-0.15, -0.1) is 0 Å². The normalized spacial score (nSPS) is 12.9. The highest BCUT2D eigenvalue weighted by Crippen LogP contribution is 2.10. The molecule has 0 unspecified atom stereocenters. The lowest BCUT2D eigenvalue weighted by atomic mass is 10.0. The first kappa shape index (κ1) is 9.27. The summed E-state index contributed by atoms with van der Waals surface area (Å²) >= 11 is 0. The third-order valence-corrected chi connectivity index (χ3v) is 2.17. The van der Waals surface area contributed by atoms with Gasteiger partial charge < -0.3 is 4.74 Å². The van der Waals surface area contributed by atoms with E-state index in [0.29, 0.717) is 6.10 Å². The highest BCUT2D eigenvalue weighted by atomic mass is 16.5. The van der Waals surface area contributed by atoms with Gasteiger partial charge in [0.2, 0.25) is 0 Å². The molecule has 0 amide bonds. The summed E-state index contributed by atoms with van der Waals surface area (Å²) in [6, 6.07) is 8.43. The van der Waals surface area contributed by atoms with Gasteiger partial charge in [-0.3, -0.25) is 0 Å². The van der Waals surface area contributed by atoms with Gasteiger partial charge in [-0.1, -0.05) is 24.3 Å². The quantitative estimate of drug-likeness (QED) is 0.667. The molecule has 1 nitrogen and oxygen atoms in total. The van der Waals surface area contributed by atoms with Gasteiger partial charge in [0, 0.05) is 7.11 Å². The van der Waals surface area contributed by atoms with Crippen molar-refractivity contribution in [1.82, 2.24) is 0 Å². The molecule has 0 aliphatic heterocycles. The minimum Gasteiger partial charge on any atom is -0.381 e. The largest absolute Gasteiger partial charge is 0.381 e. The van der Waals surface area contributed by atoms with Crippen molar-refractivity contribution in [2.24, 2.45) is 0 Å². The average Bonchev–Trinajstić information content (AvgIpc) is 2.09. The molecule has 0 aliphatic carbocycles. The van der Waals surface area contributed by atoms with Gasteiger partial charge >= 0.3 is 0 Å². The van der Waals surface area contributed by atoms with E-state index in [9.17, 15) is 0 Å². The predicted molar refractivity (Wildman–Crippen MR) is 51.4 cm³/mol. The van der Waals surface area contributed by atoms with Crippen LogP contribution < -0.4 is 0 Å². The molecule has 0 radical (unpaired) electrons. The molecule has 1 atom stereocenters. The molecule has 0 aromatic heterocycles. The van der Waals surface area contributed by atoms with Crippen molar-refractivity contribution < 1.29 is 4.74 Å². The minimum atomic E-state index is 0.311. The topological polar surface area (TPSA) is 9.23 Å². The van der Waals surface area contributed by atoms with Gasteiger partial charge in [-0.25, -0.2) is 0 Å². The maximum Gasteiger partial charge on any atom is 0.0583 e. The third-order valence-electron chi connectivity index (χ3n) is 2.17. The molecule has 0 bridgehead atoms. The van der Waals surface area contributed by atoms with Gasteiger partial charge in [0.25, 0.3) is 0 Å². The van der Waals surface area contributed by atoms with E-state index in [2.05, 4.69) is 38.1 Å². The zero-order valence-electron chi connectivity index (χ0n) is 8.00. The monoisotopic (exact) mass is 164 g/mol. The van der Waals surface area contributed by atoms with Crippen molar-refractivity contribution in [3.05, 3.63) is 35.4 Å². The van der Waals surface area contributed by atoms with Crippen molar-refractivity contribution in [2.75, 3.05) is 7.11 Å². The Labute approximate surface area is 74.4 Å². The molecule has 12 heavy (non-hydrogen) atoms. The first-order valence-electron chi connectivity index (χ1n) is 4.31. The van der Waals surface area contributed by atoms with Crippen LogP contribution in [0.4, 0.5) is 0 Å². The van der Waals surface area contributed by atoms with E-state index in [-0.39, 0.29) is 0 Å².